The fraction of sp³-hybridized carbons (Fsp3) is 0.217. The SMILES string of the molecule is N#Cc1ccccc1C(=O)N1CCC(C(=O)Nc2cccc(-c3nccs3)c2)CC1. The minimum atomic E-state index is -0.151. The van der Waals surface area contributed by atoms with E-state index in [1.165, 1.54) is 0 Å². The highest BCUT2D eigenvalue weighted by molar-refractivity contribution is 7.13. The number of piperidine rings is 1. The Labute approximate surface area is 178 Å². The van der Waals surface area contributed by atoms with Gasteiger partial charge in [-0.05, 0) is 37.1 Å². The maximum Gasteiger partial charge on any atom is 0.255 e. The molecule has 2 amide bonds. The Morgan fingerprint density at radius 3 is 2.67 bits per heavy atom. The van der Waals surface area contributed by atoms with Crippen LogP contribution in [-0.4, -0.2) is 34.8 Å². The summed E-state index contributed by atoms with van der Waals surface area (Å²) in [6.07, 6.45) is 2.95. The first-order chi connectivity index (χ1) is 14.7. The van der Waals surface area contributed by atoms with Gasteiger partial charge in [0.25, 0.3) is 5.91 Å². The van der Waals surface area contributed by atoms with Gasteiger partial charge in [-0.2, -0.15) is 5.26 Å². The molecule has 30 heavy (non-hydrogen) atoms. The van der Waals surface area contributed by atoms with Gasteiger partial charge in [0.1, 0.15) is 5.01 Å². The first-order valence-corrected chi connectivity index (χ1v) is 10.6. The third kappa shape index (κ3) is 4.24. The van der Waals surface area contributed by atoms with Crippen molar-refractivity contribution in [2.75, 3.05) is 18.4 Å². The summed E-state index contributed by atoms with van der Waals surface area (Å²) in [5, 5.41) is 15.1. The second-order valence-corrected chi connectivity index (χ2v) is 8.03. The maximum absolute atomic E-state index is 12.8. The van der Waals surface area contributed by atoms with E-state index < -0.39 is 0 Å². The highest BCUT2D eigenvalue weighted by Gasteiger charge is 2.28. The summed E-state index contributed by atoms with van der Waals surface area (Å²) in [5.41, 5.74) is 2.51. The van der Waals surface area contributed by atoms with E-state index >= 15 is 0 Å². The molecule has 150 valence electrons. The minimum Gasteiger partial charge on any atom is -0.339 e. The monoisotopic (exact) mass is 416 g/mol. The Hall–Kier alpha value is -3.50. The number of amides is 2. The molecule has 1 aromatic heterocycles. The van der Waals surface area contributed by atoms with Crippen LogP contribution < -0.4 is 5.32 Å². The standard InChI is InChI=1S/C23H20N4O2S/c24-15-18-4-1-2-7-20(18)23(29)27-11-8-16(9-12-27)21(28)26-19-6-3-5-17(14-19)22-25-10-13-30-22/h1-7,10,13-14,16H,8-9,11-12H2,(H,26,28). The number of aromatic nitrogens is 1. The number of carbonyl (C=O) groups excluding carboxylic acids is 2. The number of hydrogen-bond acceptors (Lipinski definition) is 5. The summed E-state index contributed by atoms with van der Waals surface area (Å²) in [7, 11) is 0. The fourth-order valence-electron chi connectivity index (χ4n) is 3.62. The summed E-state index contributed by atoms with van der Waals surface area (Å²) < 4.78 is 0. The van der Waals surface area contributed by atoms with E-state index in [9.17, 15) is 14.9 Å². The third-order valence-electron chi connectivity index (χ3n) is 5.24. The number of carbonyl (C=O) groups is 2. The van der Waals surface area contributed by atoms with Gasteiger partial charge in [0.2, 0.25) is 5.91 Å². The second-order valence-electron chi connectivity index (χ2n) is 7.13. The van der Waals surface area contributed by atoms with Crippen molar-refractivity contribution in [2.45, 2.75) is 12.8 Å². The van der Waals surface area contributed by atoms with Crippen molar-refractivity contribution < 1.29 is 9.59 Å². The molecule has 0 radical (unpaired) electrons. The molecule has 4 rings (SSSR count). The van der Waals surface area contributed by atoms with Crippen molar-refractivity contribution >= 4 is 28.8 Å². The van der Waals surface area contributed by atoms with E-state index in [2.05, 4.69) is 16.4 Å². The van der Waals surface area contributed by atoms with Gasteiger partial charge in [-0.1, -0.05) is 24.3 Å². The Balaban J connectivity index is 1.36. The lowest BCUT2D eigenvalue weighted by Gasteiger charge is -2.31. The van der Waals surface area contributed by atoms with Gasteiger partial charge >= 0.3 is 0 Å². The van der Waals surface area contributed by atoms with Crippen molar-refractivity contribution in [2.24, 2.45) is 5.92 Å². The number of likely N-dealkylation sites (tertiary alicyclic amines) is 1. The maximum atomic E-state index is 12.8. The highest BCUT2D eigenvalue weighted by Crippen LogP contribution is 2.26. The lowest BCUT2D eigenvalue weighted by molar-refractivity contribution is -0.121. The molecule has 1 aliphatic rings. The molecule has 1 fully saturated rings. The number of nitrogens with one attached hydrogen (secondary N) is 1. The molecule has 0 bridgehead atoms. The normalized spacial score (nSPS) is 14.2. The van der Waals surface area contributed by atoms with Crippen LogP contribution in [0.1, 0.15) is 28.8 Å². The Bertz CT molecular complexity index is 1100. The number of anilines is 1. The Kier molecular flexibility index (Phi) is 5.87. The first kappa shape index (κ1) is 19.8. The summed E-state index contributed by atoms with van der Waals surface area (Å²) in [6.45, 7) is 0.992. The summed E-state index contributed by atoms with van der Waals surface area (Å²) in [5.74, 6) is -0.332. The lowest BCUT2D eigenvalue weighted by Crippen LogP contribution is -2.41. The van der Waals surface area contributed by atoms with E-state index in [4.69, 9.17) is 0 Å². The van der Waals surface area contributed by atoms with Crippen LogP contribution in [0, 0.1) is 17.2 Å². The largest absolute Gasteiger partial charge is 0.339 e. The fourth-order valence-corrected chi connectivity index (χ4v) is 4.26. The summed E-state index contributed by atoms with van der Waals surface area (Å²) >= 11 is 1.55. The van der Waals surface area contributed by atoms with Crippen LogP contribution in [0.4, 0.5) is 5.69 Å². The first-order valence-electron chi connectivity index (χ1n) is 9.75. The number of nitrogens with zero attached hydrogens (tertiary/aromatic N) is 3. The molecule has 3 aromatic rings. The number of nitriles is 1. The average Bonchev–Trinajstić information content (AvgIpc) is 3.34. The topological polar surface area (TPSA) is 86.1 Å². The zero-order valence-electron chi connectivity index (χ0n) is 16.2. The van der Waals surface area contributed by atoms with Gasteiger partial charge in [-0.25, -0.2) is 4.98 Å². The van der Waals surface area contributed by atoms with Crippen LogP contribution >= 0.6 is 11.3 Å². The van der Waals surface area contributed by atoms with E-state index in [0.29, 0.717) is 37.1 Å². The van der Waals surface area contributed by atoms with Gasteiger partial charge < -0.3 is 10.2 Å². The lowest BCUT2D eigenvalue weighted by atomic mass is 9.95. The van der Waals surface area contributed by atoms with Gasteiger partial charge in [0.15, 0.2) is 0 Å². The number of benzene rings is 2. The van der Waals surface area contributed by atoms with Crippen LogP contribution in [0.15, 0.2) is 60.1 Å². The molecule has 7 heteroatoms. The zero-order valence-corrected chi connectivity index (χ0v) is 17.1. The highest BCUT2D eigenvalue weighted by atomic mass is 32.1. The van der Waals surface area contributed by atoms with E-state index in [0.717, 1.165) is 16.3 Å². The molecule has 0 saturated carbocycles. The third-order valence-corrected chi connectivity index (χ3v) is 6.06. The smallest absolute Gasteiger partial charge is 0.255 e. The Morgan fingerprint density at radius 1 is 1.13 bits per heavy atom. The molecule has 0 spiro atoms. The second kappa shape index (κ2) is 8.89. The number of hydrogen-bond donors (Lipinski definition) is 1. The van der Waals surface area contributed by atoms with Gasteiger partial charge in [-0.15, -0.1) is 11.3 Å². The summed E-state index contributed by atoms with van der Waals surface area (Å²) in [4.78, 5) is 31.5. The van der Waals surface area contributed by atoms with Crippen molar-refractivity contribution in [3.05, 3.63) is 71.2 Å². The quantitative estimate of drug-likeness (QED) is 0.691. The minimum absolute atomic E-state index is 0.0317. The van der Waals surface area contributed by atoms with Crippen molar-refractivity contribution in [1.82, 2.24) is 9.88 Å². The van der Waals surface area contributed by atoms with Crippen molar-refractivity contribution in [1.29, 1.82) is 5.26 Å². The van der Waals surface area contributed by atoms with Gasteiger partial charge in [-0.3, -0.25) is 9.59 Å². The molecule has 1 saturated heterocycles. The van der Waals surface area contributed by atoms with Crippen LogP contribution in [0.3, 0.4) is 0 Å². The predicted molar refractivity (Wildman–Crippen MR) is 116 cm³/mol. The molecule has 2 heterocycles. The molecule has 6 nitrogen and oxygen atoms in total. The van der Waals surface area contributed by atoms with Crippen LogP contribution in [-0.2, 0) is 4.79 Å². The van der Waals surface area contributed by atoms with Crippen molar-refractivity contribution in [3.8, 4) is 16.6 Å². The van der Waals surface area contributed by atoms with Gasteiger partial charge in [0, 0.05) is 41.8 Å². The Morgan fingerprint density at radius 2 is 1.93 bits per heavy atom. The average molecular weight is 417 g/mol. The molecule has 0 unspecified atom stereocenters. The van der Waals surface area contributed by atoms with E-state index in [1.54, 1.807) is 46.7 Å². The van der Waals surface area contributed by atoms with Crippen molar-refractivity contribution in [3.63, 3.8) is 0 Å². The molecule has 2 aromatic carbocycles. The van der Waals surface area contributed by atoms with E-state index in [1.807, 2.05) is 29.6 Å². The number of thiazole rings is 1. The van der Waals surface area contributed by atoms with Crippen LogP contribution in [0.2, 0.25) is 0 Å². The molecular weight excluding hydrogens is 396 g/mol. The molecule has 0 atom stereocenters. The van der Waals surface area contributed by atoms with Gasteiger partial charge in [0.05, 0.1) is 17.2 Å². The van der Waals surface area contributed by atoms with Crippen LogP contribution in [0.25, 0.3) is 10.6 Å². The number of rotatable bonds is 4. The molecule has 1 N–H and O–H groups in total. The molecular formula is C23H20N4O2S. The zero-order chi connectivity index (χ0) is 20.9. The van der Waals surface area contributed by atoms with E-state index in [-0.39, 0.29) is 17.7 Å². The van der Waals surface area contributed by atoms with Crippen LogP contribution in [0.5, 0.6) is 0 Å². The molecule has 1 aliphatic heterocycles. The predicted octanol–water partition coefficient (Wildman–Crippen LogP) is 4.17. The molecule has 0 aliphatic carbocycles. The summed E-state index contributed by atoms with van der Waals surface area (Å²) in [6, 6.07) is 16.6.